The first-order valence-corrected chi connectivity index (χ1v) is 8.96. The molecule has 0 amide bonds. The number of likely N-dealkylation sites (N-methyl/N-ethyl adjacent to an activating group) is 1. The van der Waals surface area contributed by atoms with Crippen molar-refractivity contribution in [1.82, 2.24) is 4.90 Å². The van der Waals surface area contributed by atoms with E-state index in [1.54, 1.807) is 12.1 Å². The van der Waals surface area contributed by atoms with Crippen molar-refractivity contribution in [2.45, 2.75) is 25.2 Å². The fourth-order valence-corrected chi connectivity index (χ4v) is 3.58. The predicted molar refractivity (Wildman–Crippen MR) is 99.7 cm³/mol. The Morgan fingerprint density at radius 3 is 2.44 bits per heavy atom. The van der Waals surface area contributed by atoms with Gasteiger partial charge in [0.05, 0.1) is 16.1 Å². The number of halogens is 4. The van der Waals surface area contributed by atoms with Crippen LogP contribution in [0, 0.1) is 11.3 Å². The Labute approximate surface area is 161 Å². The van der Waals surface area contributed by atoms with Crippen molar-refractivity contribution in [2.24, 2.45) is 0 Å². The van der Waals surface area contributed by atoms with Crippen LogP contribution in [0.3, 0.4) is 0 Å². The Morgan fingerprint density at radius 2 is 1.93 bits per heavy atom. The largest absolute Gasteiger partial charge is 0.416 e. The van der Waals surface area contributed by atoms with Crippen molar-refractivity contribution in [3.05, 3.63) is 64.2 Å². The van der Waals surface area contributed by atoms with E-state index in [0.717, 1.165) is 42.9 Å². The number of benzene rings is 2. The molecule has 1 unspecified atom stereocenters. The topological polar surface area (TPSA) is 30.3 Å². The van der Waals surface area contributed by atoms with Crippen LogP contribution in [0.4, 0.5) is 18.9 Å². The second kappa shape index (κ2) is 7.79. The van der Waals surface area contributed by atoms with Gasteiger partial charge in [-0.15, -0.1) is 0 Å². The number of nitriles is 1. The van der Waals surface area contributed by atoms with Crippen molar-refractivity contribution in [1.29, 1.82) is 5.26 Å². The second-order valence-corrected chi connectivity index (χ2v) is 7.21. The maximum atomic E-state index is 12.8. The zero-order chi connectivity index (χ0) is 19.6. The highest BCUT2D eigenvalue weighted by atomic mass is 35.5. The number of hydrogen-bond donors (Lipinski definition) is 0. The van der Waals surface area contributed by atoms with Crippen molar-refractivity contribution in [3.8, 4) is 6.07 Å². The van der Waals surface area contributed by atoms with E-state index < -0.39 is 11.7 Å². The summed E-state index contributed by atoms with van der Waals surface area (Å²) in [4.78, 5) is 4.37. The van der Waals surface area contributed by atoms with Crippen molar-refractivity contribution in [3.63, 3.8) is 0 Å². The standard InChI is InChI=1S/C20H19ClF3N3/c1-26-9-8-18(13-26)27(17-7-4-15(11-25)19(21)10-17)12-14-2-5-16(6-3-14)20(22,23)24/h2-7,10,18H,8-9,12-13H2,1H3. The van der Waals surface area contributed by atoms with E-state index in [9.17, 15) is 13.2 Å². The van der Waals surface area contributed by atoms with E-state index in [1.807, 2.05) is 19.2 Å². The van der Waals surface area contributed by atoms with Gasteiger partial charge in [-0.25, -0.2) is 0 Å². The maximum absolute atomic E-state index is 12.8. The Morgan fingerprint density at radius 1 is 1.22 bits per heavy atom. The molecule has 0 N–H and O–H groups in total. The minimum atomic E-state index is -4.34. The summed E-state index contributed by atoms with van der Waals surface area (Å²) in [5.74, 6) is 0. The van der Waals surface area contributed by atoms with E-state index in [2.05, 4.69) is 9.80 Å². The van der Waals surface area contributed by atoms with Crippen LogP contribution >= 0.6 is 11.6 Å². The molecule has 2 aromatic carbocycles. The maximum Gasteiger partial charge on any atom is 0.416 e. The normalized spacial score (nSPS) is 17.7. The van der Waals surface area contributed by atoms with E-state index in [1.165, 1.54) is 12.1 Å². The molecule has 3 nitrogen and oxygen atoms in total. The van der Waals surface area contributed by atoms with E-state index in [0.29, 0.717) is 17.1 Å². The van der Waals surface area contributed by atoms with E-state index in [4.69, 9.17) is 16.9 Å². The summed E-state index contributed by atoms with van der Waals surface area (Å²) < 4.78 is 38.4. The predicted octanol–water partition coefficient (Wildman–Crippen LogP) is 4.94. The molecule has 0 spiro atoms. The summed E-state index contributed by atoms with van der Waals surface area (Å²) >= 11 is 6.20. The minimum Gasteiger partial charge on any atom is -0.363 e. The molecule has 142 valence electrons. The van der Waals surface area contributed by atoms with Crippen molar-refractivity contribution >= 4 is 17.3 Å². The van der Waals surface area contributed by atoms with Gasteiger partial charge in [0.1, 0.15) is 6.07 Å². The number of alkyl halides is 3. The van der Waals surface area contributed by atoms with Crippen molar-refractivity contribution < 1.29 is 13.2 Å². The number of anilines is 1. The van der Waals surface area contributed by atoms with Gasteiger partial charge >= 0.3 is 6.18 Å². The van der Waals surface area contributed by atoms with Gasteiger partial charge in [0.15, 0.2) is 0 Å². The first-order chi connectivity index (χ1) is 12.8. The third kappa shape index (κ3) is 4.55. The molecule has 2 aromatic rings. The molecule has 3 rings (SSSR count). The summed E-state index contributed by atoms with van der Waals surface area (Å²) in [6.45, 7) is 2.29. The monoisotopic (exact) mass is 393 g/mol. The smallest absolute Gasteiger partial charge is 0.363 e. The van der Waals surface area contributed by atoms with Crippen LogP contribution in [0.25, 0.3) is 0 Å². The molecule has 1 saturated heterocycles. The van der Waals surface area contributed by atoms with Crippen LogP contribution in [0.2, 0.25) is 5.02 Å². The lowest BCUT2D eigenvalue weighted by Crippen LogP contribution is -2.36. The molecule has 0 bridgehead atoms. The van der Waals surface area contributed by atoms with Gasteiger partial charge in [-0.2, -0.15) is 18.4 Å². The van der Waals surface area contributed by atoms with Gasteiger partial charge < -0.3 is 9.80 Å². The number of likely N-dealkylation sites (tertiary alicyclic amines) is 1. The molecule has 1 aliphatic rings. The lowest BCUT2D eigenvalue weighted by molar-refractivity contribution is -0.137. The molecule has 0 aliphatic carbocycles. The zero-order valence-corrected chi connectivity index (χ0v) is 15.6. The van der Waals surface area contributed by atoms with Gasteiger partial charge in [-0.3, -0.25) is 0 Å². The first kappa shape index (κ1) is 19.5. The molecule has 0 radical (unpaired) electrons. The van der Waals surface area contributed by atoms with E-state index >= 15 is 0 Å². The van der Waals surface area contributed by atoms with Crippen LogP contribution in [0.5, 0.6) is 0 Å². The molecular weight excluding hydrogens is 375 g/mol. The number of nitrogens with zero attached hydrogens (tertiary/aromatic N) is 3. The van der Waals surface area contributed by atoms with E-state index in [-0.39, 0.29) is 6.04 Å². The number of hydrogen-bond acceptors (Lipinski definition) is 3. The fraction of sp³-hybridized carbons (Fsp3) is 0.350. The van der Waals surface area contributed by atoms with Crippen LogP contribution in [0.1, 0.15) is 23.1 Å². The summed E-state index contributed by atoms with van der Waals surface area (Å²) in [5, 5.41) is 9.45. The average Bonchev–Trinajstić information content (AvgIpc) is 3.05. The highest BCUT2D eigenvalue weighted by Gasteiger charge is 2.30. The SMILES string of the molecule is CN1CCC(N(Cc2ccc(C(F)(F)F)cc2)c2ccc(C#N)c(Cl)c2)C1. The Bertz CT molecular complexity index is 843. The van der Waals surface area contributed by atoms with Gasteiger partial charge in [-0.1, -0.05) is 23.7 Å². The molecule has 7 heteroatoms. The summed E-state index contributed by atoms with van der Waals surface area (Å²) in [5.41, 5.74) is 1.40. The van der Waals surface area contributed by atoms with Gasteiger partial charge in [0.2, 0.25) is 0 Å². The van der Waals surface area contributed by atoms with Crippen LogP contribution in [-0.2, 0) is 12.7 Å². The minimum absolute atomic E-state index is 0.223. The first-order valence-electron chi connectivity index (χ1n) is 8.59. The van der Waals surface area contributed by atoms with Gasteiger partial charge in [-0.05, 0) is 55.9 Å². The molecule has 0 aromatic heterocycles. The third-order valence-corrected chi connectivity index (χ3v) is 5.16. The highest BCUT2D eigenvalue weighted by Crippen LogP contribution is 2.31. The number of rotatable bonds is 4. The molecule has 1 fully saturated rings. The molecule has 1 heterocycles. The molecule has 1 atom stereocenters. The Balaban J connectivity index is 1.89. The van der Waals surface area contributed by atoms with Crippen LogP contribution < -0.4 is 4.90 Å². The summed E-state index contributed by atoms with van der Waals surface area (Å²) in [7, 11) is 2.04. The summed E-state index contributed by atoms with van der Waals surface area (Å²) in [6.07, 6.45) is -3.39. The van der Waals surface area contributed by atoms with Gasteiger partial charge in [0, 0.05) is 24.8 Å². The zero-order valence-electron chi connectivity index (χ0n) is 14.8. The molecule has 0 saturated carbocycles. The third-order valence-electron chi connectivity index (χ3n) is 4.85. The quantitative estimate of drug-likeness (QED) is 0.737. The highest BCUT2D eigenvalue weighted by molar-refractivity contribution is 6.32. The van der Waals surface area contributed by atoms with Gasteiger partial charge in [0.25, 0.3) is 0 Å². The van der Waals surface area contributed by atoms with Crippen molar-refractivity contribution in [2.75, 3.05) is 25.0 Å². The molecular formula is C20H19ClF3N3. The van der Waals surface area contributed by atoms with Crippen LogP contribution in [-0.4, -0.2) is 31.1 Å². The lowest BCUT2D eigenvalue weighted by Gasteiger charge is -2.31. The Kier molecular flexibility index (Phi) is 5.64. The summed E-state index contributed by atoms with van der Waals surface area (Å²) in [6, 6.07) is 12.8. The lowest BCUT2D eigenvalue weighted by atomic mass is 10.1. The molecule has 27 heavy (non-hydrogen) atoms. The Hall–Kier alpha value is -2.23. The van der Waals surface area contributed by atoms with Crippen LogP contribution in [0.15, 0.2) is 42.5 Å². The fourth-order valence-electron chi connectivity index (χ4n) is 3.37. The average molecular weight is 394 g/mol. The molecule has 1 aliphatic heterocycles. The second-order valence-electron chi connectivity index (χ2n) is 6.80.